The number of amides is 1. The quantitative estimate of drug-likeness (QED) is 0.266. The summed E-state index contributed by atoms with van der Waals surface area (Å²) in [6.45, 7) is 0. The first kappa shape index (κ1) is 30.5. The van der Waals surface area contributed by atoms with Gasteiger partial charge in [-0.1, -0.05) is 49.9 Å². The number of ketones is 2. The number of Topliss-reactive ketones (excluding diaryl/α,β-unsaturated/α-hetero) is 2. The van der Waals surface area contributed by atoms with Gasteiger partial charge in [0.1, 0.15) is 22.8 Å². The Balaban J connectivity index is 0.00000405. The standard InChI is InChI=1S/C31H33N3O7.CH4/c1-33(2)20-14-16(11-10-15-8-6-5-7-9-15)25(35)22-18(20)12-17-13-19-24(34(3)4)27(37)23(30(32)40)29(39)31(19,41)28(38)21(17)26(22)36;/h5-11,14,17,19,24,35-36,39,41H,12-13H2,1-4H3,(H2,32,40);1H4/b11-10+;/t17-,19+,24+,31-;/m0./s1. The number of primary amides is 1. The molecular formula is C32H37N3O7. The third-order valence-corrected chi connectivity index (χ3v) is 8.46. The number of carbonyl (C=O) groups excluding carboxylic acids is 3. The number of benzene rings is 2. The van der Waals surface area contributed by atoms with E-state index in [0.717, 1.165) is 5.56 Å². The molecule has 222 valence electrons. The van der Waals surface area contributed by atoms with Crippen LogP contribution in [0.15, 0.2) is 53.3 Å². The molecule has 3 aliphatic rings. The number of carbonyl (C=O) groups is 3. The molecule has 1 saturated carbocycles. The van der Waals surface area contributed by atoms with Crippen LogP contribution in [-0.2, 0) is 20.8 Å². The molecule has 10 nitrogen and oxygen atoms in total. The zero-order valence-corrected chi connectivity index (χ0v) is 23.3. The zero-order valence-electron chi connectivity index (χ0n) is 23.3. The van der Waals surface area contributed by atoms with Gasteiger partial charge in [-0.25, -0.2) is 0 Å². The molecule has 0 saturated heterocycles. The number of nitrogens with zero attached hydrogens (tertiary/aromatic N) is 2. The monoisotopic (exact) mass is 575 g/mol. The van der Waals surface area contributed by atoms with E-state index in [9.17, 15) is 34.8 Å². The van der Waals surface area contributed by atoms with Crippen molar-refractivity contribution in [2.75, 3.05) is 33.1 Å². The molecule has 2 aromatic rings. The lowest BCUT2D eigenvalue weighted by molar-refractivity contribution is -0.153. The van der Waals surface area contributed by atoms with Gasteiger partial charge in [0, 0.05) is 36.8 Å². The molecule has 5 rings (SSSR count). The van der Waals surface area contributed by atoms with Gasteiger partial charge in [-0.3, -0.25) is 19.3 Å². The van der Waals surface area contributed by atoms with Gasteiger partial charge in [0.05, 0.1) is 11.6 Å². The van der Waals surface area contributed by atoms with Crippen LogP contribution >= 0.6 is 0 Å². The maximum Gasteiger partial charge on any atom is 0.255 e. The Morgan fingerprint density at radius 2 is 1.69 bits per heavy atom. The summed E-state index contributed by atoms with van der Waals surface area (Å²) >= 11 is 0. The Morgan fingerprint density at radius 1 is 1.05 bits per heavy atom. The van der Waals surface area contributed by atoms with Crippen LogP contribution in [0, 0.1) is 11.8 Å². The van der Waals surface area contributed by atoms with Gasteiger partial charge < -0.3 is 31.1 Å². The predicted octanol–water partition coefficient (Wildman–Crippen LogP) is 2.84. The number of anilines is 1. The number of fused-ring (bicyclic) bond motifs is 3. The van der Waals surface area contributed by atoms with E-state index in [2.05, 4.69) is 0 Å². The molecule has 1 fully saturated rings. The maximum atomic E-state index is 14.1. The molecule has 2 aromatic carbocycles. The van der Waals surface area contributed by atoms with Gasteiger partial charge in [-0.15, -0.1) is 0 Å². The van der Waals surface area contributed by atoms with Crippen LogP contribution in [0.3, 0.4) is 0 Å². The zero-order chi connectivity index (χ0) is 30.0. The third-order valence-electron chi connectivity index (χ3n) is 8.46. The number of aliphatic hydroxyl groups excluding tert-OH is 2. The fourth-order valence-electron chi connectivity index (χ4n) is 6.59. The van der Waals surface area contributed by atoms with Crippen molar-refractivity contribution < 1.29 is 34.8 Å². The van der Waals surface area contributed by atoms with Crippen LogP contribution in [0.5, 0.6) is 5.75 Å². The third kappa shape index (κ3) is 4.38. The van der Waals surface area contributed by atoms with Crippen LogP contribution in [0.2, 0.25) is 0 Å². The number of phenolic OH excluding ortho intramolecular Hbond substituents is 1. The molecule has 0 bridgehead atoms. The van der Waals surface area contributed by atoms with Crippen molar-refractivity contribution in [2.24, 2.45) is 17.6 Å². The number of aromatic hydroxyl groups is 1. The molecule has 0 aromatic heterocycles. The van der Waals surface area contributed by atoms with Crippen molar-refractivity contribution in [1.82, 2.24) is 4.90 Å². The average molecular weight is 576 g/mol. The number of hydrogen-bond donors (Lipinski definition) is 5. The lowest BCUT2D eigenvalue weighted by atomic mass is 9.57. The van der Waals surface area contributed by atoms with Crippen LogP contribution < -0.4 is 10.6 Å². The van der Waals surface area contributed by atoms with Gasteiger partial charge in [0.2, 0.25) is 5.78 Å². The Hall–Kier alpha value is -4.41. The summed E-state index contributed by atoms with van der Waals surface area (Å²) in [6, 6.07) is 10.1. The van der Waals surface area contributed by atoms with Gasteiger partial charge >= 0.3 is 0 Å². The molecule has 4 atom stereocenters. The molecule has 3 aliphatic carbocycles. The number of aliphatic hydroxyl groups is 3. The minimum Gasteiger partial charge on any atom is -0.508 e. The van der Waals surface area contributed by atoms with Crippen LogP contribution in [0.25, 0.3) is 17.9 Å². The predicted molar refractivity (Wildman–Crippen MR) is 161 cm³/mol. The Kier molecular flexibility index (Phi) is 7.84. The van der Waals surface area contributed by atoms with E-state index < -0.39 is 58.0 Å². The normalized spacial score (nSPS) is 25.2. The number of rotatable bonds is 5. The summed E-state index contributed by atoms with van der Waals surface area (Å²) in [5.41, 5.74) is 4.37. The molecule has 1 amide bonds. The SMILES string of the molecule is C.CN(C)c1cc(/C=C/c2ccccc2)c(O)c2c1C[C@H]1C[C@@H]3[C@@H](N(C)C)C(=O)C(C(N)=O)=C(O)[C@@]3(O)C(=O)C1=C2O. The highest BCUT2D eigenvalue weighted by Gasteiger charge is 2.64. The molecule has 0 radical (unpaired) electrons. The molecule has 0 heterocycles. The lowest BCUT2D eigenvalue weighted by Gasteiger charge is -2.50. The lowest BCUT2D eigenvalue weighted by Crippen LogP contribution is -2.65. The highest BCUT2D eigenvalue weighted by Crippen LogP contribution is 2.54. The van der Waals surface area contributed by atoms with Gasteiger partial charge in [-0.05, 0) is 50.0 Å². The highest BCUT2D eigenvalue weighted by molar-refractivity contribution is 6.24. The summed E-state index contributed by atoms with van der Waals surface area (Å²) in [7, 11) is 6.79. The maximum absolute atomic E-state index is 14.1. The van der Waals surface area contributed by atoms with E-state index in [1.165, 1.54) is 4.90 Å². The van der Waals surface area contributed by atoms with Gasteiger partial charge in [0.25, 0.3) is 5.91 Å². The van der Waals surface area contributed by atoms with E-state index in [4.69, 9.17) is 5.73 Å². The Bertz CT molecular complexity index is 1570. The Morgan fingerprint density at radius 3 is 2.26 bits per heavy atom. The van der Waals surface area contributed by atoms with E-state index in [1.807, 2.05) is 55.4 Å². The van der Waals surface area contributed by atoms with Crippen LogP contribution in [-0.4, -0.2) is 82.6 Å². The summed E-state index contributed by atoms with van der Waals surface area (Å²) in [6.07, 6.45) is 3.77. The van der Waals surface area contributed by atoms with Crippen molar-refractivity contribution in [3.8, 4) is 5.75 Å². The van der Waals surface area contributed by atoms with Crippen molar-refractivity contribution >= 4 is 41.1 Å². The second-order valence-corrected chi connectivity index (χ2v) is 11.3. The van der Waals surface area contributed by atoms with E-state index >= 15 is 0 Å². The highest BCUT2D eigenvalue weighted by atomic mass is 16.3. The first-order valence-electron chi connectivity index (χ1n) is 13.2. The number of likely N-dealkylation sites (N-methyl/N-ethyl adjacent to an activating group) is 1. The second-order valence-electron chi connectivity index (χ2n) is 11.3. The summed E-state index contributed by atoms with van der Waals surface area (Å²) in [5.74, 6) is -6.70. The van der Waals surface area contributed by atoms with Crippen LogP contribution in [0.1, 0.15) is 36.1 Å². The number of nitrogens with two attached hydrogens (primary N) is 1. The van der Waals surface area contributed by atoms with Crippen LogP contribution in [0.4, 0.5) is 5.69 Å². The topological polar surface area (TPSA) is 165 Å². The summed E-state index contributed by atoms with van der Waals surface area (Å²) in [4.78, 5) is 42.8. The molecule has 0 unspecified atom stereocenters. The second kappa shape index (κ2) is 10.8. The average Bonchev–Trinajstić information content (AvgIpc) is 2.90. The van der Waals surface area contributed by atoms with Crippen molar-refractivity contribution in [3.63, 3.8) is 0 Å². The molecule has 42 heavy (non-hydrogen) atoms. The summed E-state index contributed by atoms with van der Waals surface area (Å²) in [5, 5.41) is 45.8. The minimum absolute atomic E-state index is 0. The molecule has 0 aliphatic heterocycles. The van der Waals surface area contributed by atoms with Crippen molar-refractivity contribution in [1.29, 1.82) is 0 Å². The fourth-order valence-corrected chi connectivity index (χ4v) is 6.59. The van der Waals surface area contributed by atoms with E-state index in [-0.39, 0.29) is 37.2 Å². The molecule has 6 N–H and O–H groups in total. The van der Waals surface area contributed by atoms with Crippen molar-refractivity contribution in [3.05, 3.63) is 75.6 Å². The molecule has 10 heteroatoms. The van der Waals surface area contributed by atoms with E-state index in [1.54, 1.807) is 26.2 Å². The number of hydrogen-bond acceptors (Lipinski definition) is 9. The fraction of sp³-hybridized carbons (Fsp3) is 0.344. The smallest absolute Gasteiger partial charge is 0.255 e. The summed E-state index contributed by atoms with van der Waals surface area (Å²) < 4.78 is 0. The molecular weight excluding hydrogens is 538 g/mol. The first-order valence-corrected chi connectivity index (χ1v) is 13.2. The first-order chi connectivity index (χ1) is 19.3. The van der Waals surface area contributed by atoms with Crippen molar-refractivity contribution in [2.45, 2.75) is 31.9 Å². The van der Waals surface area contributed by atoms with E-state index in [0.29, 0.717) is 16.8 Å². The largest absolute Gasteiger partial charge is 0.508 e. The van der Waals surface area contributed by atoms with Gasteiger partial charge in [0.15, 0.2) is 11.4 Å². The minimum atomic E-state index is -2.67. The van der Waals surface area contributed by atoms with Gasteiger partial charge in [-0.2, -0.15) is 0 Å². The Labute approximate surface area is 244 Å². The number of phenols is 1. The molecule has 0 spiro atoms.